The number of rotatable bonds is 4. The molecule has 0 saturated carbocycles. The smallest absolute Gasteiger partial charge is 0.416 e. The van der Waals surface area contributed by atoms with Crippen molar-refractivity contribution in [2.24, 2.45) is 0 Å². The van der Waals surface area contributed by atoms with Crippen molar-refractivity contribution < 1.29 is 26.3 Å². The van der Waals surface area contributed by atoms with Crippen LogP contribution in [0.1, 0.15) is 11.1 Å². The number of nitriles is 1. The van der Waals surface area contributed by atoms with Crippen LogP contribution in [0.4, 0.5) is 13.2 Å². The van der Waals surface area contributed by atoms with Gasteiger partial charge in [-0.05, 0) is 30.3 Å². The highest BCUT2D eigenvalue weighted by molar-refractivity contribution is 7.89. The van der Waals surface area contributed by atoms with Crippen molar-refractivity contribution in [1.29, 1.82) is 5.26 Å². The molecule has 1 aliphatic rings. The third kappa shape index (κ3) is 3.63. The second-order valence-electron chi connectivity index (χ2n) is 5.58. The minimum atomic E-state index is -4.52. The van der Waals surface area contributed by atoms with E-state index in [4.69, 9.17) is 10.00 Å². The van der Waals surface area contributed by atoms with Gasteiger partial charge in [-0.2, -0.15) is 22.7 Å². The van der Waals surface area contributed by atoms with Gasteiger partial charge < -0.3 is 4.74 Å². The molecule has 1 fully saturated rings. The molecule has 10 heteroatoms. The van der Waals surface area contributed by atoms with Crippen molar-refractivity contribution in [1.82, 2.24) is 9.29 Å². The summed E-state index contributed by atoms with van der Waals surface area (Å²) in [6.45, 7) is 0.0869. The minimum absolute atomic E-state index is 0.0435. The van der Waals surface area contributed by atoms with Crippen LogP contribution in [0, 0.1) is 11.3 Å². The summed E-state index contributed by atoms with van der Waals surface area (Å²) in [5.74, 6) is 0.209. The number of ether oxygens (including phenoxy) is 1. The zero-order valence-corrected chi connectivity index (χ0v) is 14.0. The van der Waals surface area contributed by atoms with E-state index in [1.165, 1.54) is 18.3 Å². The van der Waals surface area contributed by atoms with Crippen LogP contribution in [0.25, 0.3) is 0 Å². The maximum absolute atomic E-state index is 12.6. The zero-order chi connectivity index (χ0) is 18.9. The van der Waals surface area contributed by atoms with Crippen molar-refractivity contribution in [3.05, 3.63) is 53.7 Å². The molecular formula is C16H12F3N3O3S. The van der Waals surface area contributed by atoms with Crippen LogP contribution in [-0.2, 0) is 16.2 Å². The first-order chi connectivity index (χ1) is 12.2. The molecule has 1 aliphatic heterocycles. The van der Waals surface area contributed by atoms with Crippen LogP contribution in [0.5, 0.6) is 5.88 Å². The summed E-state index contributed by atoms with van der Waals surface area (Å²) in [5.41, 5.74) is -0.548. The Morgan fingerprint density at radius 3 is 2.42 bits per heavy atom. The summed E-state index contributed by atoms with van der Waals surface area (Å²) in [6, 6.07) is 8.22. The molecule has 3 rings (SSSR count). The number of alkyl halides is 3. The highest BCUT2D eigenvalue weighted by Crippen LogP contribution is 2.31. The van der Waals surface area contributed by atoms with Gasteiger partial charge in [0.1, 0.15) is 6.10 Å². The Labute approximate surface area is 147 Å². The van der Waals surface area contributed by atoms with E-state index in [9.17, 15) is 21.6 Å². The Balaban J connectivity index is 1.65. The van der Waals surface area contributed by atoms with Crippen LogP contribution < -0.4 is 4.74 Å². The molecule has 6 nitrogen and oxygen atoms in total. The minimum Gasteiger partial charge on any atom is -0.471 e. The third-order valence-corrected chi connectivity index (χ3v) is 5.63. The van der Waals surface area contributed by atoms with Crippen LogP contribution in [0.15, 0.2) is 47.5 Å². The van der Waals surface area contributed by atoms with Crippen molar-refractivity contribution in [3.63, 3.8) is 0 Å². The Morgan fingerprint density at radius 2 is 1.85 bits per heavy atom. The van der Waals surface area contributed by atoms with E-state index in [0.29, 0.717) is 5.56 Å². The molecule has 0 spiro atoms. The average Bonchev–Trinajstić information content (AvgIpc) is 2.57. The molecule has 136 valence electrons. The van der Waals surface area contributed by atoms with Gasteiger partial charge in [0.15, 0.2) is 0 Å². The van der Waals surface area contributed by atoms with E-state index >= 15 is 0 Å². The molecule has 2 heterocycles. The zero-order valence-electron chi connectivity index (χ0n) is 13.1. The Kier molecular flexibility index (Phi) is 4.60. The van der Waals surface area contributed by atoms with E-state index < -0.39 is 27.9 Å². The number of pyridine rings is 1. The number of nitrogens with zero attached hydrogens (tertiary/aromatic N) is 3. The van der Waals surface area contributed by atoms with Crippen molar-refractivity contribution in [2.45, 2.75) is 17.2 Å². The number of halogens is 3. The molecule has 0 aliphatic carbocycles. The molecule has 1 aromatic heterocycles. The topological polar surface area (TPSA) is 83.3 Å². The number of sulfonamides is 1. The van der Waals surface area contributed by atoms with E-state index in [1.54, 1.807) is 0 Å². The van der Waals surface area contributed by atoms with Gasteiger partial charge in [-0.1, -0.05) is 0 Å². The fourth-order valence-corrected chi connectivity index (χ4v) is 3.85. The molecule has 1 aromatic carbocycles. The molecule has 2 aromatic rings. The first-order valence-electron chi connectivity index (χ1n) is 7.40. The normalized spacial score (nSPS) is 15.9. The lowest BCUT2D eigenvalue weighted by Gasteiger charge is -2.37. The molecular weight excluding hydrogens is 371 g/mol. The lowest BCUT2D eigenvalue weighted by atomic mass is 10.2. The number of hydrogen-bond acceptors (Lipinski definition) is 5. The summed E-state index contributed by atoms with van der Waals surface area (Å²) >= 11 is 0. The predicted molar refractivity (Wildman–Crippen MR) is 83.6 cm³/mol. The highest BCUT2D eigenvalue weighted by Gasteiger charge is 2.39. The Bertz CT molecular complexity index is 947. The molecule has 0 N–H and O–H groups in total. The SMILES string of the molecule is N#Cc1ccnc(OC2CN(S(=O)(=O)c3ccc(C(F)(F)F)cc3)C2)c1. The maximum Gasteiger partial charge on any atom is 0.416 e. The molecule has 0 atom stereocenters. The number of aromatic nitrogens is 1. The highest BCUT2D eigenvalue weighted by atomic mass is 32.2. The summed E-state index contributed by atoms with van der Waals surface area (Å²) in [4.78, 5) is 3.73. The van der Waals surface area contributed by atoms with Crippen LogP contribution in [0.3, 0.4) is 0 Å². The summed E-state index contributed by atoms with van der Waals surface area (Å²) in [5, 5.41) is 8.82. The summed E-state index contributed by atoms with van der Waals surface area (Å²) in [6.07, 6.45) is -3.56. The standard InChI is InChI=1S/C16H12F3N3O3S/c17-16(18,19)12-1-3-14(4-2-12)26(23,24)22-9-13(10-22)25-15-7-11(8-20)5-6-21-15/h1-7,13H,9-10H2. The van der Waals surface area contributed by atoms with Crippen LogP contribution in [-0.4, -0.2) is 36.9 Å². The lowest BCUT2D eigenvalue weighted by molar-refractivity contribution is -0.137. The maximum atomic E-state index is 12.6. The molecule has 0 amide bonds. The molecule has 0 radical (unpaired) electrons. The van der Waals surface area contributed by atoms with Gasteiger partial charge in [0.25, 0.3) is 0 Å². The number of benzene rings is 1. The van der Waals surface area contributed by atoms with Crippen LogP contribution >= 0.6 is 0 Å². The second kappa shape index (κ2) is 6.59. The first kappa shape index (κ1) is 18.2. The third-order valence-electron chi connectivity index (χ3n) is 3.79. The first-order valence-corrected chi connectivity index (χ1v) is 8.84. The largest absolute Gasteiger partial charge is 0.471 e. The Hall–Kier alpha value is -2.64. The molecule has 1 saturated heterocycles. The van der Waals surface area contributed by atoms with Crippen molar-refractivity contribution >= 4 is 10.0 Å². The average molecular weight is 383 g/mol. The van der Waals surface area contributed by atoms with Gasteiger partial charge in [-0.25, -0.2) is 13.4 Å². The lowest BCUT2D eigenvalue weighted by Crippen LogP contribution is -2.56. The van der Waals surface area contributed by atoms with E-state index in [0.717, 1.165) is 28.6 Å². The monoisotopic (exact) mass is 383 g/mol. The van der Waals surface area contributed by atoms with E-state index in [-0.39, 0.29) is 23.9 Å². The molecule has 26 heavy (non-hydrogen) atoms. The fourth-order valence-electron chi connectivity index (χ4n) is 2.35. The van der Waals surface area contributed by atoms with Crippen molar-refractivity contribution in [3.8, 4) is 11.9 Å². The van der Waals surface area contributed by atoms with Gasteiger partial charge in [-0.3, -0.25) is 0 Å². The van der Waals surface area contributed by atoms with Crippen molar-refractivity contribution in [2.75, 3.05) is 13.1 Å². The molecule has 0 bridgehead atoms. The van der Waals surface area contributed by atoms with Gasteiger partial charge >= 0.3 is 6.18 Å². The van der Waals surface area contributed by atoms with Gasteiger partial charge in [0.2, 0.25) is 15.9 Å². The Morgan fingerprint density at radius 1 is 1.19 bits per heavy atom. The summed E-state index contributed by atoms with van der Waals surface area (Å²) in [7, 11) is -3.89. The fraction of sp³-hybridized carbons (Fsp3) is 0.250. The second-order valence-corrected chi connectivity index (χ2v) is 7.52. The summed E-state index contributed by atoms with van der Waals surface area (Å²) < 4.78 is 69.1. The van der Waals surface area contributed by atoms with E-state index in [2.05, 4.69) is 4.98 Å². The predicted octanol–water partition coefficient (Wildman–Crippen LogP) is 2.42. The van der Waals surface area contributed by atoms with Gasteiger partial charge in [0.05, 0.1) is 35.2 Å². The van der Waals surface area contributed by atoms with Gasteiger partial charge in [-0.15, -0.1) is 0 Å². The van der Waals surface area contributed by atoms with Gasteiger partial charge in [0, 0.05) is 12.3 Å². The van der Waals surface area contributed by atoms with E-state index in [1.807, 2.05) is 6.07 Å². The molecule has 0 unspecified atom stereocenters. The number of hydrogen-bond donors (Lipinski definition) is 0. The van der Waals surface area contributed by atoms with Crippen LogP contribution in [0.2, 0.25) is 0 Å². The quantitative estimate of drug-likeness (QED) is 0.810.